The molecule has 0 aromatic heterocycles. The van der Waals surface area contributed by atoms with E-state index in [-0.39, 0.29) is 12.3 Å². The van der Waals surface area contributed by atoms with Crippen molar-refractivity contribution in [2.75, 3.05) is 6.54 Å². The summed E-state index contributed by atoms with van der Waals surface area (Å²) >= 11 is 5.87. The summed E-state index contributed by atoms with van der Waals surface area (Å²) in [6.07, 6.45) is 0. The molecule has 0 aliphatic heterocycles. The van der Waals surface area contributed by atoms with Crippen LogP contribution in [0.2, 0.25) is 5.02 Å². The Labute approximate surface area is 92.6 Å². The predicted octanol–water partition coefficient (Wildman–Crippen LogP) is 2.63. The Hall–Kier alpha value is -1.38. The summed E-state index contributed by atoms with van der Waals surface area (Å²) in [6.45, 7) is 0.0295. The van der Waals surface area contributed by atoms with Crippen LogP contribution >= 0.6 is 11.6 Å². The monoisotopic (exact) mass is 219 g/mol. The molecule has 0 saturated heterocycles. The van der Waals surface area contributed by atoms with E-state index in [0.29, 0.717) is 10.6 Å². The Morgan fingerprint density at radius 3 is 2.80 bits per heavy atom. The highest BCUT2D eigenvalue weighted by molar-refractivity contribution is 6.31. The van der Waals surface area contributed by atoms with E-state index in [2.05, 4.69) is 0 Å². The summed E-state index contributed by atoms with van der Waals surface area (Å²) in [5.41, 5.74) is 6.01. The molecule has 0 bridgehead atoms. The second-order valence-corrected chi connectivity index (χ2v) is 3.73. The fourth-order valence-electron chi connectivity index (χ4n) is 1.61. The maximum Gasteiger partial charge on any atom is 0.176 e. The molecule has 0 unspecified atom stereocenters. The third-order valence-electron chi connectivity index (χ3n) is 2.33. The lowest BCUT2D eigenvalue weighted by Gasteiger charge is -2.04. The van der Waals surface area contributed by atoms with Gasteiger partial charge < -0.3 is 5.73 Å². The van der Waals surface area contributed by atoms with Crippen molar-refractivity contribution in [3.05, 3.63) is 47.0 Å². The number of rotatable bonds is 2. The minimum Gasteiger partial charge on any atom is -0.324 e. The highest BCUT2D eigenvalue weighted by Gasteiger charge is 2.07. The van der Waals surface area contributed by atoms with Crippen LogP contribution in [-0.2, 0) is 0 Å². The van der Waals surface area contributed by atoms with Gasteiger partial charge in [0.25, 0.3) is 0 Å². The molecule has 2 rings (SSSR count). The highest BCUT2D eigenvalue weighted by Crippen LogP contribution is 2.22. The summed E-state index contributed by atoms with van der Waals surface area (Å²) in [5.74, 6) is -0.0528. The number of hydrogen-bond acceptors (Lipinski definition) is 2. The zero-order chi connectivity index (χ0) is 10.8. The summed E-state index contributed by atoms with van der Waals surface area (Å²) in [5, 5.41) is 2.53. The first kappa shape index (κ1) is 10.1. The third kappa shape index (κ3) is 1.87. The maximum absolute atomic E-state index is 11.6. The minimum absolute atomic E-state index is 0.0295. The van der Waals surface area contributed by atoms with E-state index in [1.165, 1.54) is 0 Å². The molecular formula is C12H10ClNO. The molecule has 2 N–H and O–H groups in total. The van der Waals surface area contributed by atoms with E-state index < -0.39 is 0 Å². The van der Waals surface area contributed by atoms with E-state index in [0.717, 1.165) is 10.8 Å². The quantitative estimate of drug-likeness (QED) is 0.790. The molecule has 0 atom stereocenters. The van der Waals surface area contributed by atoms with Gasteiger partial charge in [-0.1, -0.05) is 35.9 Å². The van der Waals surface area contributed by atoms with Crippen LogP contribution in [0.1, 0.15) is 10.4 Å². The van der Waals surface area contributed by atoms with E-state index in [9.17, 15) is 4.79 Å². The van der Waals surface area contributed by atoms with Gasteiger partial charge in [-0.3, -0.25) is 4.79 Å². The zero-order valence-electron chi connectivity index (χ0n) is 8.03. The number of ketones is 1. The van der Waals surface area contributed by atoms with Crippen LogP contribution in [0.4, 0.5) is 0 Å². The molecule has 0 aliphatic rings. The fraction of sp³-hybridized carbons (Fsp3) is 0.0833. The van der Waals surface area contributed by atoms with Gasteiger partial charge in [-0.2, -0.15) is 0 Å². The largest absolute Gasteiger partial charge is 0.324 e. The van der Waals surface area contributed by atoms with Gasteiger partial charge in [0.1, 0.15) is 0 Å². The van der Waals surface area contributed by atoms with Crippen LogP contribution in [0.5, 0.6) is 0 Å². The molecule has 0 aliphatic carbocycles. The molecule has 0 amide bonds. The van der Waals surface area contributed by atoms with Gasteiger partial charge in [-0.15, -0.1) is 0 Å². The minimum atomic E-state index is -0.0528. The lowest BCUT2D eigenvalue weighted by Crippen LogP contribution is -2.13. The SMILES string of the molecule is NCC(=O)c1cccc2cc(Cl)ccc12. The number of carbonyl (C=O) groups excluding carboxylic acids is 1. The van der Waals surface area contributed by atoms with Crippen molar-refractivity contribution < 1.29 is 4.79 Å². The number of hydrogen-bond donors (Lipinski definition) is 1. The average molecular weight is 220 g/mol. The van der Waals surface area contributed by atoms with Crippen LogP contribution in [0.15, 0.2) is 36.4 Å². The van der Waals surface area contributed by atoms with Crippen molar-refractivity contribution in [2.45, 2.75) is 0 Å². The molecule has 76 valence electrons. The third-order valence-corrected chi connectivity index (χ3v) is 2.56. The lowest BCUT2D eigenvalue weighted by molar-refractivity contribution is 0.100. The number of fused-ring (bicyclic) bond motifs is 1. The molecule has 0 saturated carbocycles. The zero-order valence-corrected chi connectivity index (χ0v) is 8.79. The highest BCUT2D eigenvalue weighted by atomic mass is 35.5. The first-order valence-corrected chi connectivity index (χ1v) is 5.01. The molecule has 0 spiro atoms. The average Bonchev–Trinajstić information content (AvgIpc) is 2.26. The van der Waals surface area contributed by atoms with E-state index in [1.807, 2.05) is 24.3 Å². The van der Waals surface area contributed by atoms with Gasteiger partial charge in [0.15, 0.2) is 5.78 Å². The molecule has 2 aromatic carbocycles. The van der Waals surface area contributed by atoms with E-state index >= 15 is 0 Å². The van der Waals surface area contributed by atoms with E-state index in [1.54, 1.807) is 12.1 Å². The normalized spacial score (nSPS) is 10.5. The van der Waals surface area contributed by atoms with Crippen LogP contribution < -0.4 is 5.73 Å². The molecule has 3 heteroatoms. The van der Waals surface area contributed by atoms with E-state index in [4.69, 9.17) is 17.3 Å². The van der Waals surface area contributed by atoms with Crippen molar-refractivity contribution >= 4 is 28.2 Å². The maximum atomic E-state index is 11.6. The van der Waals surface area contributed by atoms with Gasteiger partial charge in [0.2, 0.25) is 0 Å². The number of Topliss-reactive ketones (excluding diaryl/α,β-unsaturated/α-hetero) is 1. The summed E-state index contributed by atoms with van der Waals surface area (Å²) in [4.78, 5) is 11.6. The molecular weight excluding hydrogens is 210 g/mol. The van der Waals surface area contributed by atoms with Gasteiger partial charge in [0, 0.05) is 10.6 Å². The van der Waals surface area contributed by atoms with Crippen LogP contribution in [0, 0.1) is 0 Å². The summed E-state index contributed by atoms with van der Waals surface area (Å²) in [6, 6.07) is 11.0. The van der Waals surface area contributed by atoms with Crippen molar-refractivity contribution in [1.29, 1.82) is 0 Å². The van der Waals surface area contributed by atoms with Crippen LogP contribution in [0.25, 0.3) is 10.8 Å². The smallest absolute Gasteiger partial charge is 0.176 e. The van der Waals surface area contributed by atoms with Crippen LogP contribution in [-0.4, -0.2) is 12.3 Å². The van der Waals surface area contributed by atoms with Crippen LogP contribution in [0.3, 0.4) is 0 Å². The molecule has 0 heterocycles. The lowest BCUT2D eigenvalue weighted by atomic mass is 10.0. The number of nitrogens with two attached hydrogens (primary N) is 1. The molecule has 0 radical (unpaired) electrons. The summed E-state index contributed by atoms with van der Waals surface area (Å²) in [7, 11) is 0. The Bertz CT molecular complexity index is 522. The first-order valence-electron chi connectivity index (χ1n) is 4.64. The number of carbonyl (C=O) groups is 1. The number of halogens is 1. The van der Waals surface area contributed by atoms with Crippen molar-refractivity contribution in [1.82, 2.24) is 0 Å². The Morgan fingerprint density at radius 1 is 1.27 bits per heavy atom. The molecule has 15 heavy (non-hydrogen) atoms. The Balaban J connectivity index is 2.71. The first-order chi connectivity index (χ1) is 7.22. The molecule has 2 aromatic rings. The summed E-state index contributed by atoms with van der Waals surface area (Å²) < 4.78 is 0. The van der Waals surface area contributed by atoms with Gasteiger partial charge in [0.05, 0.1) is 6.54 Å². The van der Waals surface area contributed by atoms with Crippen molar-refractivity contribution in [2.24, 2.45) is 5.73 Å². The fourth-order valence-corrected chi connectivity index (χ4v) is 1.79. The Kier molecular flexibility index (Phi) is 2.71. The van der Waals surface area contributed by atoms with Crippen molar-refractivity contribution in [3.63, 3.8) is 0 Å². The molecule has 0 fully saturated rings. The number of benzene rings is 2. The second kappa shape index (κ2) is 4.01. The van der Waals surface area contributed by atoms with Gasteiger partial charge >= 0.3 is 0 Å². The van der Waals surface area contributed by atoms with Gasteiger partial charge in [-0.05, 0) is 22.9 Å². The Morgan fingerprint density at radius 2 is 2.07 bits per heavy atom. The van der Waals surface area contributed by atoms with Crippen molar-refractivity contribution in [3.8, 4) is 0 Å². The standard InChI is InChI=1S/C12H10ClNO/c13-9-4-5-10-8(6-9)2-1-3-11(10)12(15)7-14/h1-6H,7,14H2. The topological polar surface area (TPSA) is 43.1 Å². The predicted molar refractivity (Wildman–Crippen MR) is 62.3 cm³/mol. The van der Waals surface area contributed by atoms with Gasteiger partial charge in [-0.25, -0.2) is 0 Å². The second-order valence-electron chi connectivity index (χ2n) is 3.30. The molecule has 2 nitrogen and oxygen atoms in total.